The fraction of sp³-hybridized carbons (Fsp3) is 0.800. The lowest BCUT2D eigenvalue weighted by Gasteiger charge is -2.02. The Balaban J connectivity index is 0. The highest BCUT2D eigenvalue weighted by atomic mass is 32.2. The second-order valence-electron chi connectivity index (χ2n) is 1.98. The maximum absolute atomic E-state index is 10.1. The number of carbonyl (C=O) groups is 1. The summed E-state index contributed by atoms with van der Waals surface area (Å²) in [6.07, 6.45) is 2.48. The summed E-state index contributed by atoms with van der Waals surface area (Å²) in [4.78, 5) is 24.3. The highest BCUT2D eigenvalue weighted by Gasteiger charge is 2.08. The Labute approximate surface area is 81.1 Å². The van der Waals surface area contributed by atoms with Crippen molar-refractivity contribution < 1.29 is 24.3 Å². The molecule has 0 saturated carbocycles. The molecule has 0 rings (SSSR count). The van der Waals surface area contributed by atoms with Gasteiger partial charge in [0.2, 0.25) is 0 Å². The van der Waals surface area contributed by atoms with Gasteiger partial charge in [-0.1, -0.05) is 0 Å². The van der Waals surface area contributed by atoms with Crippen molar-refractivity contribution in [3.8, 4) is 0 Å². The van der Waals surface area contributed by atoms with E-state index in [1.807, 2.05) is 6.26 Å². The molecule has 0 radical (unpaired) electrons. The number of hydrogen-bond acceptors (Lipinski definition) is 4. The van der Waals surface area contributed by atoms with Crippen LogP contribution in [0.25, 0.3) is 0 Å². The van der Waals surface area contributed by atoms with Crippen LogP contribution in [0.15, 0.2) is 0 Å². The molecule has 6 nitrogen and oxygen atoms in total. The summed E-state index contributed by atoms with van der Waals surface area (Å²) in [5, 5.41) is 8.27. The third-order valence-corrected chi connectivity index (χ3v) is 1.59. The average Bonchev–Trinajstić information content (AvgIpc) is 1.98. The fourth-order valence-electron chi connectivity index (χ4n) is 0.368. The smallest absolute Gasteiger partial charge is 0.480 e. The molecule has 0 aromatic heterocycles. The number of thioether (sulfide) groups is 1. The van der Waals surface area contributed by atoms with E-state index in [2.05, 4.69) is 0 Å². The van der Waals surface area contributed by atoms with Crippen LogP contribution in [-0.4, -0.2) is 38.9 Å². The zero-order chi connectivity index (χ0) is 10.9. The highest BCUT2D eigenvalue weighted by Crippen LogP contribution is 1.98. The number of rotatable bonds is 4. The first-order valence-electron chi connectivity index (χ1n) is 3.24. The standard InChI is InChI=1S/C5H11NO2S.HO3P/c1-9-3-2-4(6)5(7)8;1-4(2)3/h4H,2-3,6H2,1H3,(H,7,8);(H-,1,2,3)/p+1/t4-;/m0./s1. The molecule has 0 aromatic carbocycles. The molecule has 0 bridgehead atoms. The molecule has 0 aliphatic heterocycles. The predicted octanol–water partition coefficient (Wildman–Crippen LogP) is -0.220. The molecule has 0 saturated heterocycles. The summed E-state index contributed by atoms with van der Waals surface area (Å²) >= 11 is 1.60. The van der Waals surface area contributed by atoms with Crippen molar-refractivity contribution in [1.29, 1.82) is 0 Å². The number of nitrogens with two attached hydrogens (primary N) is 1. The third kappa shape index (κ3) is 18.6. The maximum atomic E-state index is 10.1. The van der Waals surface area contributed by atoms with E-state index in [9.17, 15) is 4.79 Å². The van der Waals surface area contributed by atoms with Crippen molar-refractivity contribution in [3.63, 3.8) is 0 Å². The average molecular weight is 230 g/mol. The quantitative estimate of drug-likeness (QED) is 0.492. The van der Waals surface area contributed by atoms with Gasteiger partial charge in [-0.05, 0) is 18.4 Å². The summed E-state index contributed by atoms with van der Waals surface area (Å²) in [5.41, 5.74) is 5.19. The Morgan fingerprint density at radius 1 is 1.62 bits per heavy atom. The van der Waals surface area contributed by atoms with Gasteiger partial charge in [0, 0.05) is 4.57 Å². The van der Waals surface area contributed by atoms with Crippen molar-refractivity contribution in [3.05, 3.63) is 0 Å². The molecule has 1 atom stereocenters. The summed E-state index contributed by atoms with van der Waals surface area (Å²) in [6.45, 7) is 0. The Kier molecular flexibility index (Phi) is 11.6. The van der Waals surface area contributed by atoms with Crippen LogP contribution in [0.2, 0.25) is 0 Å². The summed E-state index contributed by atoms with van der Waals surface area (Å²) in [7, 11) is -2.87. The molecule has 0 unspecified atom stereocenters. The van der Waals surface area contributed by atoms with E-state index in [-0.39, 0.29) is 0 Å². The van der Waals surface area contributed by atoms with E-state index in [0.717, 1.165) is 5.75 Å². The Morgan fingerprint density at radius 3 is 2.23 bits per heavy atom. The van der Waals surface area contributed by atoms with Crippen LogP contribution >= 0.6 is 20.0 Å². The van der Waals surface area contributed by atoms with Crippen LogP contribution in [0, 0.1) is 0 Å². The SMILES string of the molecule is CSCC[C@H](N)C(=O)O.O=[P+](O)O. The molecule has 0 aromatic rings. The third-order valence-electron chi connectivity index (χ3n) is 0.950. The highest BCUT2D eigenvalue weighted by molar-refractivity contribution is 7.98. The van der Waals surface area contributed by atoms with Gasteiger partial charge >= 0.3 is 14.2 Å². The molecule has 0 aliphatic rings. The molecule has 5 N–H and O–H groups in total. The van der Waals surface area contributed by atoms with Crippen LogP contribution in [0.5, 0.6) is 0 Å². The van der Waals surface area contributed by atoms with Crippen LogP contribution < -0.4 is 5.73 Å². The largest absolute Gasteiger partial charge is 0.692 e. The number of carboxylic acid groups (broad SMARTS) is 1. The molecule has 78 valence electrons. The monoisotopic (exact) mass is 230 g/mol. The van der Waals surface area contributed by atoms with Crippen molar-refractivity contribution in [2.45, 2.75) is 12.5 Å². The van der Waals surface area contributed by atoms with E-state index in [1.54, 1.807) is 11.8 Å². The maximum Gasteiger partial charge on any atom is 0.692 e. The minimum Gasteiger partial charge on any atom is -0.480 e. The van der Waals surface area contributed by atoms with Gasteiger partial charge in [-0.3, -0.25) is 4.79 Å². The minimum absolute atomic E-state index is 0.552. The van der Waals surface area contributed by atoms with Gasteiger partial charge in [-0.25, -0.2) is 0 Å². The Bertz CT molecular complexity index is 163. The molecule has 0 amide bonds. The van der Waals surface area contributed by atoms with E-state index in [1.165, 1.54) is 0 Å². The van der Waals surface area contributed by atoms with Crippen molar-refractivity contribution in [2.75, 3.05) is 12.0 Å². The predicted molar refractivity (Wildman–Crippen MR) is 50.7 cm³/mol. The van der Waals surface area contributed by atoms with E-state index in [4.69, 9.17) is 25.2 Å². The Hall–Kier alpha value is -0.200. The fourth-order valence-corrected chi connectivity index (χ4v) is 0.858. The molecular formula is C5H13NO5PS+. The summed E-state index contributed by atoms with van der Waals surface area (Å²) in [5.74, 6) is -0.1000. The zero-order valence-corrected chi connectivity index (χ0v) is 8.79. The lowest BCUT2D eigenvalue weighted by molar-refractivity contribution is -0.138. The van der Waals surface area contributed by atoms with Crippen molar-refractivity contribution in [1.82, 2.24) is 0 Å². The van der Waals surface area contributed by atoms with Gasteiger partial charge in [0.1, 0.15) is 6.04 Å². The Morgan fingerprint density at radius 2 is 2.00 bits per heavy atom. The first kappa shape index (κ1) is 15.3. The van der Waals surface area contributed by atoms with Crippen LogP contribution in [-0.2, 0) is 9.36 Å². The molecule has 0 heterocycles. The van der Waals surface area contributed by atoms with Crippen molar-refractivity contribution in [2.24, 2.45) is 5.73 Å². The molecule has 8 heteroatoms. The van der Waals surface area contributed by atoms with Gasteiger partial charge in [-0.2, -0.15) is 11.8 Å². The van der Waals surface area contributed by atoms with Gasteiger partial charge < -0.3 is 10.8 Å². The second kappa shape index (κ2) is 9.88. The molecule has 0 fully saturated rings. The number of aliphatic carboxylic acids is 1. The van der Waals surface area contributed by atoms with Crippen LogP contribution in [0.4, 0.5) is 0 Å². The minimum atomic E-state index is -2.87. The molecule has 0 spiro atoms. The van der Waals surface area contributed by atoms with Crippen LogP contribution in [0.1, 0.15) is 6.42 Å². The number of hydrogen-bond donors (Lipinski definition) is 4. The summed E-state index contributed by atoms with van der Waals surface area (Å²) in [6, 6.07) is -0.683. The lowest BCUT2D eigenvalue weighted by Crippen LogP contribution is -2.30. The van der Waals surface area contributed by atoms with Crippen molar-refractivity contribution >= 4 is 26.0 Å². The van der Waals surface area contributed by atoms with E-state index >= 15 is 0 Å². The number of carboxylic acids is 1. The topological polar surface area (TPSA) is 121 Å². The van der Waals surface area contributed by atoms with Gasteiger partial charge in [-0.15, -0.1) is 9.79 Å². The van der Waals surface area contributed by atoms with Gasteiger partial charge in [0.15, 0.2) is 0 Å². The first-order chi connectivity index (χ1) is 5.91. The normalized spacial score (nSPS) is 11.1. The van der Waals surface area contributed by atoms with E-state index < -0.39 is 20.3 Å². The van der Waals surface area contributed by atoms with Gasteiger partial charge in [0.25, 0.3) is 0 Å². The first-order valence-corrected chi connectivity index (χ1v) is 5.80. The molecular weight excluding hydrogens is 217 g/mol. The summed E-state index contributed by atoms with van der Waals surface area (Å²) < 4.78 is 8.70. The van der Waals surface area contributed by atoms with E-state index in [0.29, 0.717) is 6.42 Å². The van der Waals surface area contributed by atoms with Gasteiger partial charge in [0.05, 0.1) is 0 Å². The lowest BCUT2D eigenvalue weighted by atomic mass is 10.2. The van der Waals surface area contributed by atoms with Crippen LogP contribution in [0.3, 0.4) is 0 Å². The molecule has 13 heavy (non-hydrogen) atoms. The zero-order valence-electron chi connectivity index (χ0n) is 7.08. The second-order valence-corrected chi connectivity index (χ2v) is 3.47. The molecule has 0 aliphatic carbocycles.